The topological polar surface area (TPSA) is 98.7 Å². The normalized spacial score (nSPS) is 10.4. The Labute approximate surface area is 113 Å². The zero-order valence-electron chi connectivity index (χ0n) is 10.3. The first-order valence-corrected chi connectivity index (χ1v) is 5.83. The summed E-state index contributed by atoms with van der Waals surface area (Å²) in [7, 11) is 0. The zero-order valence-corrected chi connectivity index (χ0v) is 10.3. The summed E-state index contributed by atoms with van der Waals surface area (Å²) in [6, 6.07) is 5.11. The highest BCUT2D eigenvalue weighted by molar-refractivity contribution is 5.91. The van der Waals surface area contributed by atoms with Gasteiger partial charge in [0.1, 0.15) is 5.69 Å². The summed E-state index contributed by atoms with van der Waals surface area (Å²) in [5, 5.41) is 14.1. The van der Waals surface area contributed by atoms with Crippen molar-refractivity contribution in [1.29, 1.82) is 0 Å². The number of carbonyl (C=O) groups excluding carboxylic acids is 1. The lowest BCUT2D eigenvalue weighted by Crippen LogP contribution is -2.22. The summed E-state index contributed by atoms with van der Waals surface area (Å²) >= 11 is 0. The quantitative estimate of drug-likeness (QED) is 0.744. The molecule has 3 aromatic heterocycles. The van der Waals surface area contributed by atoms with E-state index in [1.807, 2.05) is 12.1 Å². The molecule has 8 heteroatoms. The number of nitrogens with zero attached hydrogens (tertiary/aromatic N) is 5. The molecule has 0 unspecified atom stereocenters. The summed E-state index contributed by atoms with van der Waals surface area (Å²) in [6.07, 6.45) is 6.48. The van der Waals surface area contributed by atoms with Gasteiger partial charge >= 0.3 is 0 Å². The molecule has 0 saturated heterocycles. The van der Waals surface area contributed by atoms with E-state index < -0.39 is 0 Å². The molecule has 20 heavy (non-hydrogen) atoms. The monoisotopic (exact) mass is 270 g/mol. The fourth-order valence-corrected chi connectivity index (χ4v) is 1.59. The molecule has 0 aliphatic heterocycles. The fraction of sp³-hybridized carbons (Fsp3) is 0.0833. The van der Waals surface area contributed by atoms with E-state index >= 15 is 0 Å². The van der Waals surface area contributed by atoms with Gasteiger partial charge in [-0.05, 0) is 12.1 Å². The van der Waals surface area contributed by atoms with Gasteiger partial charge in [-0.2, -0.15) is 0 Å². The molecule has 0 aliphatic rings. The molecule has 0 bridgehead atoms. The summed E-state index contributed by atoms with van der Waals surface area (Å²) in [5.74, 6) is -0.188. The summed E-state index contributed by atoms with van der Waals surface area (Å²) in [5.41, 5.74) is 1.48. The number of pyridine rings is 1. The lowest BCUT2D eigenvalue weighted by molar-refractivity contribution is 0.0913. The molecule has 3 aromatic rings. The standard InChI is InChI=1S/C12H10N6O2/c19-12(11-3-6-15-20-11)14-7-9-8-18(17-16-9)10-1-4-13-5-2-10/h1-6,8H,7H2,(H,14,19). The third-order valence-corrected chi connectivity index (χ3v) is 2.56. The van der Waals surface area contributed by atoms with Crippen LogP contribution in [0.1, 0.15) is 16.2 Å². The van der Waals surface area contributed by atoms with Crippen molar-refractivity contribution in [3.05, 3.63) is 54.4 Å². The lowest BCUT2D eigenvalue weighted by atomic mass is 10.4. The average Bonchev–Trinajstić information content (AvgIpc) is 3.17. The Balaban J connectivity index is 1.65. The van der Waals surface area contributed by atoms with Crippen LogP contribution in [-0.4, -0.2) is 31.0 Å². The molecule has 8 nitrogen and oxygen atoms in total. The molecular formula is C12H10N6O2. The van der Waals surface area contributed by atoms with Crippen LogP contribution in [0.3, 0.4) is 0 Å². The van der Waals surface area contributed by atoms with E-state index in [1.54, 1.807) is 23.3 Å². The maximum absolute atomic E-state index is 11.6. The third-order valence-electron chi connectivity index (χ3n) is 2.56. The Morgan fingerprint density at radius 1 is 1.25 bits per heavy atom. The second-order valence-electron chi connectivity index (χ2n) is 3.92. The van der Waals surface area contributed by atoms with Crippen molar-refractivity contribution in [1.82, 2.24) is 30.5 Å². The highest BCUT2D eigenvalue weighted by atomic mass is 16.5. The SMILES string of the molecule is O=C(NCc1cn(-c2ccncc2)nn1)c1ccno1. The number of rotatable bonds is 4. The average molecular weight is 270 g/mol. The molecule has 0 saturated carbocycles. The predicted octanol–water partition coefficient (Wildman–Crippen LogP) is 0.580. The molecule has 0 spiro atoms. The summed E-state index contributed by atoms with van der Waals surface area (Å²) < 4.78 is 6.36. The molecule has 0 fully saturated rings. The van der Waals surface area contributed by atoms with Crippen molar-refractivity contribution in [3.8, 4) is 5.69 Å². The Bertz CT molecular complexity index is 692. The highest BCUT2D eigenvalue weighted by Crippen LogP contribution is 2.04. The van der Waals surface area contributed by atoms with E-state index in [-0.39, 0.29) is 18.2 Å². The van der Waals surface area contributed by atoms with Gasteiger partial charge in [0.25, 0.3) is 5.91 Å². The van der Waals surface area contributed by atoms with Gasteiger partial charge in [0, 0.05) is 18.5 Å². The van der Waals surface area contributed by atoms with Crippen LogP contribution in [0, 0.1) is 0 Å². The van der Waals surface area contributed by atoms with Crippen molar-refractivity contribution in [2.24, 2.45) is 0 Å². The van der Waals surface area contributed by atoms with Crippen LogP contribution in [0.25, 0.3) is 5.69 Å². The molecule has 3 rings (SSSR count). The second kappa shape index (κ2) is 5.31. The van der Waals surface area contributed by atoms with Crippen molar-refractivity contribution < 1.29 is 9.32 Å². The highest BCUT2D eigenvalue weighted by Gasteiger charge is 2.10. The number of carbonyl (C=O) groups is 1. The first-order valence-electron chi connectivity index (χ1n) is 5.83. The van der Waals surface area contributed by atoms with Gasteiger partial charge in [-0.15, -0.1) is 5.10 Å². The summed E-state index contributed by atoms with van der Waals surface area (Å²) in [4.78, 5) is 15.6. The van der Waals surface area contributed by atoms with E-state index in [0.29, 0.717) is 5.69 Å². The molecular weight excluding hydrogens is 260 g/mol. The van der Waals surface area contributed by atoms with E-state index in [1.165, 1.54) is 12.3 Å². The molecule has 1 amide bonds. The minimum absolute atomic E-state index is 0.159. The summed E-state index contributed by atoms with van der Waals surface area (Å²) in [6.45, 7) is 0.255. The van der Waals surface area contributed by atoms with Gasteiger partial charge in [-0.1, -0.05) is 10.4 Å². The van der Waals surface area contributed by atoms with Gasteiger partial charge in [-0.25, -0.2) is 4.68 Å². The second-order valence-corrected chi connectivity index (χ2v) is 3.92. The smallest absolute Gasteiger partial charge is 0.290 e. The van der Waals surface area contributed by atoms with E-state index in [2.05, 4.69) is 25.8 Å². The molecule has 0 atom stereocenters. The minimum Gasteiger partial charge on any atom is -0.351 e. The van der Waals surface area contributed by atoms with E-state index in [4.69, 9.17) is 4.52 Å². The van der Waals surface area contributed by atoms with Gasteiger partial charge < -0.3 is 9.84 Å². The van der Waals surface area contributed by atoms with Crippen molar-refractivity contribution >= 4 is 5.91 Å². The number of hydrogen-bond acceptors (Lipinski definition) is 6. The van der Waals surface area contributed by atoms with Gasteiger partial charge in [-0.3, -0.25) is 9.78 Å². The molecule has 1 N–H and O–H groups in total. The van der Waals surface area contributed by atoms with Crippen LogP contribution < -0.4 is 5.32 Å². The maximum Gasteiger partial charge on any atom is 0.290 e. The Hall–Kier alpha value is -3.03. The molecule has 0 radical (unpaired) electrons. The van der Waals surface area contributed by atoms with Crippen molar-refractivity contribution in [2.45, 2.75) is 6.54 Å². The first-order chi connectivity index (χ1) is 9.83. The van der Waals surface area contributed by atoms with E-state index in [0.717, 1.165) is 5.69 Å². The van der Waals surface area contributed by atoms with E-state index in [9.17, 15) is 4.79 Å². The van der Waals surface area contributed by atoms with Gasteiger partial charge in [0.05, 0.1) is 24.6 Å². The maximum atomic E-state index is 11.6. The van der Waals surface area contributed by atoms with Crippen LogP contribution in [0.5, 0.6) is 0 Å². The Kier molecular flexibility index (Phi) is 3.19. The van der Waals surface area contributed by atoms with Crippen LogP contribution >= 0.6 is 0 Å². The number of amides is 1. The predicted molar refractivity (Wildman–Crippen MR) is 66.8 cm³/mol. The largest absolute Gasteiger partial charge is 0.351 e. The Morgan fingerprint density at radius 3 is 2.85 bits per heavy atom. The molecule has 100 valence electrons. The fourth-order valence-electron chi connectivity index (χ4n) is 1.59. The molecule has 0 aromatic carbocycles. The first kappa shape index (κ1) is 12.0. The van der Waals surface area contributed by atoms with Gasteiger partial charge in [0.15, 0.2) is 0 Å². The number of aromatic nitrogens is 5. The zero-order chi connectivity index (χ0) is 13.8. The van der Waals surface area contributed by atoms with Crippen LogP contribution in [0.2, 0.25) is 0 Å². The Morgan fingerprint density at radius 2 is 2.10 bits per heavy atom. The number of nitrogens with one attached hydrogen (secondary N) is 1. The number of hydrogen-bond donors (Lipinski definition) is 1. The minimum atomic E-state index is -0.346. The molecule has 3 heterocycles. The lowest BCUT2D eigenvalue weighted by Gasteiger charge is -1.99. The van der Waals surface area contributed by atoms with Crippen molar-refractivity contribution in [2.75, 3.05) is 0 Å². The van der Waals surface area contributed by atoms with Crippen LogP contribution in [-0.2, 0) is 6.54 Å². The van der Waals surface area contributed by atoms with Gasteiger partial charge in [0.2, 0.25) is 5.76 Å². The van der Waals surface area contributed by atoms with Crippen LogP contribution in [0.4, 0.5) is 0 Å². The van der Waals surface area contributed by atoms with Crippen molar-refractivity contribution in [3.63, 3.8) is 0 Å². The van der Waals surface area contributed by atoms with Crippen LogP contribution in [0.15, 0.2) is 47.5 Å². The third kappa shape index (κ3) is 2.53. The molecule has 0 aliphatic carbocycles.